The maximum Gasteiger partial charge on any atom is 0.307 e. The van der Waals surface area contributed by atoms with Crippen LogP contribution in [0.1, 0.15) is 57.8 Å². The monoisotopic (exact) mass is 194 g/mol. The minimum atomic E-state index is -0.0133. The molecule has 0 unspecified atom stereocenters. The Morgan fingerprint density at radius 3 is 2.14 bits per heavy atom. The molecular formula is C12H18O2. The lowest BCUT2D eigenvalue weighted by Crippen LogP contribution is -2.40. The topological polar surface area (TPSA) is 26.3 Å². The van der Waals surface area contributed by atoms with Crippen molar-refractivity contribution in [2.24, 2.45) is 5.41 Å². The Kier molecular flexibility index (Phi) is 1.71. The Morgan fingerprint density at radius 1 is 0.929 bits per heavy atom. The van der Waals surface area contributed by atoms with E-state index in [0.717, 1.165) is 12.8 Å². The molecular weight excluding hydrogens is 176 g/mol. The molecule has 14 heavy (non-hydrogen) atoms. The van der Waals surface area contributed by atoms with E-state index >= 15 is 0 Å². The van der Waals surface area contributed by atoms with Gasteiger partial charge in [-0.3, -0.25) is 4.79 Å². The molecule has 3 fully saturated rings. The summed E-state index contributed by atoms with van der Waals surface area (Å²) >= 11 is 0. The molecule has 2 nitrogen and oxygen atoms in total. The largest absolute Gasteiger partial charge is 0.458 e. The SMILES string of the molecule is O=C1CC2(CCCC2)C2(CCCC2)O1. The van der Waals surface area contributed by atoms with Crippen LogP contribution < -0.4 is 0 Å². The van der Waals surface area contributed by atoms with Crippen LogP contribution >= 0.6 is 0 Å². The maximum absolute atomic E-state index is 11.5. The molecule has 0 bridgehead atoms. The summed E-state index contributed by atoms with van der Waals surface area (Å²) in [5.41, 5.74) is 0.251. The van der Waals surface area contributed by atoms with E-state index in [9.17, 15) is 4.79 Å². The van der Waals surface area contributed by atoms with Crippen LogP contribution in [0.4, 0.5) is 0 Å². The second-order valence-corrected chi connectivity index (χ2v) is 5.34. The average Bonchev–Trinajstić information content (AvgIpc) is 2.79. The summed E-state index contributed by atoms with van der Waals surface area (Å²) < 4.78 is 5.71. The number of esters is 1. The molecule has 2 heteroatoms. The number of hydrogen-bond donors (Lipinski definition) is 0. The Bertz CT molecular complexity index is 231. The van der Waals surface area contributed by atoms with Crippen LogP contribution in [0.25, 0.3) is 0 Å². The fraction of sp³-hybridized carbons (Fsp3) is 0.917. The third-order valence-electron chi connectivity index (χ3n) is 4.73. The minimum absolute atomic E-state index is 0.0133. The third-order valence-corrected chi connectivity index (χ3v) is 4.73. The van der Waals surface area contributed by atoms with Crippen molar-refractivity contribution in [2.75, 3.05) is 0 Å². The molecule has 2 spiro atoms. The van der Waals surface area contributed by atoms with E-state index < -0.39 is 0 Å². The van der Waals surface area contributed by atoms with Gasteiger partial charge in [0.2, 0.25) is 0 Å². The van der Waals surface area contributed by atoms with Crippen LogP contribution in [0.3, 0.4) is 0 Å². The minimum Gasteiger partial charge on any atom is -0.458 e. The summed E-state index contributed by atoms with van der Waals surface area (Å²) in [6.45, 7) is 0. The normalized spacial score (nSPS) is 33.0. The summed E-state index contributed by atoms with van der Waals surface area (Å²) in [6.07, 6.45) is 10.6. The number of fused-ring (bicyclic) bond motifs is 1. The zero-order valence-electron chi connectivity index (χ0n) is 8.68. The van der Waals surface area contributed by atoms with E-state index in [1.165, 1.54) is 38.5 Å². The molecule has 0 aromatic rings. The van der Waals surface area contributed by atoms with Crippen molar-refractivity contribution in [1.82, 2.24) is 0 Å². The lowest BCUT2D eigenvalue weighted by atomic mass is 9.69. The predicted octanol–water partition coefficient (Wildman–Crippen LogP) is 2.81. The number of rotatable bonds is 0. The zero-order valence-corrected chi connectivity index (χ0v) is 8.68. The van der Waals surface area contributed by atoms with E-state index in [0.29, 0.717) is 6.42 Å². The molecule has 1 saturated heterocycles. The van der Waals surface area contributed by atoms with Gasteiger partial charge in [-0.05, 0) is 38.5 Å². The Balaban J connectivity index is 1.97. The van der Waals surface area contributed by atoms with Crippen LogP contribution in [0.5, 0.6) is 0 Å². The lowest BCUT2D eigenvalue weighted by Gasteiger charge is -2.38. The van der Waals surface area contributed by atoms with Crippen molar-refractivity contribution in [3.05, 3.63) is 0 Å². The Labute approximate surface area is 85.0 Å². The molecule has 0 radical (unpaired) electrons. The molecule has 0 N–H and O–H groups in total. The molecule has 1 heterocycles. The number of carbonyl (C=O) groups is 1. The highest BCUT2D eigenvalue weighted by Gasteiger charge is 2.61. The van der Waals surface area contributed by atoms with Gasteiger partial charge in [0.25, 0.3) is 0 Å². The Morgan fingerprint density at radius 2 is 1.50 bits per heavy atom. The van der Waals surface area contributed by atoms with Gasteiger partial charge in [0, 0.05) is 5.41 Å². The van der Waals surface area contributed by atoms with Crippen LogP contribution in [-0.2, 0) is 9.53 Å². The van der Waals surface area contributed by atoms with Gasteiger partial charge in [-0.15, -0.1) is 0 Å². The van der Waals surface area contributed by atoms with Gasteiger partial charge in [-0.1, -0.05) is 12.8 Å². The molecule has 0 aromatic heterocycles. The number of ether oxygens (including phenoxy) is 1. The van der Waals surface area contributed by atoms with Crippen LogP contribution in [-0.4, -0.2) is 11.6 Å². The summed E-state index contributed by atoms with van der Waals surface area (Å²) in [4.78, 5) is 11.5. The van der Waals surface area contributed by atoms with Gasteiger partial charge in [-0.25, -0.2) is 0 Å². The summed E-state index contributed by atoms with van der Waals surface area (Å²) in [5.74, 6) is 0.0776. The van der Waals surface area contributed by atoms with Crippen LogP contribution in [0.2, 0.25) is 0 Å². The zero-order chi connectivity index (χ0) is 9.65. The molecule has 0 atom stereocenters. The molecule has 1 aliphatic heterocycles. The smallest absolute Gasteiger partial charge is 0.307 e. The van der Waals surface area contributed by atoms with Gasteiger partial charge in [0.05, 0.1) is 6.42 Å². The van der Waals surface area contributed by atoms with E-state index in [1.54, 1.807) is 0 Å². The van der Waals surface area contributed by atoms with Crippen LogP contribution in [0, 0.1) is 5.41 Å². The molecule has 2 aliphatic carbocycles. The highest BCUT2D eigenvalue weighted by Crippen LogP contribution is 2.60. The summed E-state index contributed by atoms with van der Waals surface area (Å²) in [5, 5.41) is 0. The highest BCUT2D eigenvalue weighted by atomic mass is 16.6. The first-order valence-corrected chi connectivity index (χ1v) is 5.98. The van der Waals surface area contributed by atoms with E-state index in [1.807, 2.05) is 0 Å². The fourth-order valence-corrected chi connectivity index (χ4v) is 4.06. The summed E-state index contributed by atoms with van der Waals surface area (Å²) in [7, 11) is 0. The molecule has 78 valence electrons. The predicted molar refractivity (Wildman–Crippen MR) is 52.8 cm³/mol. The fourth-order valence-electron chi connectivity index (χ4n) is 4.06. The Hall–Kier alpha value is -0.530. The van der Waals surface area contributed by atoms with Gasteiger partial charge in [0.1, 0.15) is 5.60 Å². The molecule has 0 aromatic carbocycles. The van der Waals surface area contributed by atoms with Gasteiger partial charge in [0.15, 0.2) is 0 Å². The second kappa shape index (κ2) is 2.74. The van der Waals surface area contributed by atoms with E-state index in [2.05, 4.69) is 0 Å². The summed E-state index contributed by atoms with van der Waals surface area (Å²) in [6, 6.07) is 0. The second-order valence-electron chi connectivity index (χ2n) is 5.34. The lowest BCUT2D eigenvalue weighted by molar-refractivity contribution is -0.151. The molecule has 0 amide bonds. The maximum atomic E-state index is 11.5. The van der Waals surface area contributed by atoms with Crippen molar-refractivity contribution in [3.8, 4) is 0 Å². The molecule has 3 aliphatic rings. The van der Waals surface area contributed by atoms with Gasteiger partial charge in [-0.2, -0.15) is 0 Å². The number of hydrogen-bond acceptors (Lipinski definition) is 2. The van der Waals surface area contributed by atoms with Crippen molar-refractivity contribution in [1.29, 1.82) is 0 Å². The average molecular weight is 194 g/mol. The first kappa shape index (κ1) is 8.75. The van der Waals surface area contributed by atoms with Crippen LogP contribution in [0.15, 0.2) is 0 Å². The van der Waals surface area contributed by atoms with Crippen molar-refractivity contribution >= 4 is 5.97 Å². The van der Waals surface area contributed by atoms with Gasteiger partial charge >= 0.3 is 5.97 Å². The van der Waals surface area contributed by atoms with Crippen molar-refractivity contribution in [2.45, 2.75) is 63.4 Å². The van der Waals surface area contributed by atoms with E-state index in [-0.39, 0.29) is 17.0 Å². The van der Waals surface area contributed by atoms with Crippen molar-refractivity contribution < 1.29 is 9.53 Å². The third kappa shape index (κ3) is 0.945. The standard InChI is InChI=1S/C12H18O2/c13-10-9-11(5-1-2-6-11)12(14-10)7-3-4-8-12/h1-9H2. The van der Waals surface area contributed by atoms with Crippen molar-refractivity contribution in [3.63, 3.8) is 0 Å². The van der Waals surface area contributed by atoms with Gasteiger partial charge < -0.3 is 4.74 Å². The first-order chi connectivity index (χ1) is 6.77. The number of carbonyl (C=O) groups excluding carboxylic acids is 1. The first-order valence-electron chi connectivity index (χ1n) is 5.98. The quantitative estimate of drug-likeness (QED) is 0.554. The molecule has 2 saturated carbocycles. The van der Waals surface area contributed by atoms with E-state index in [4.69, 9.17) is 4.74 Å². The highest BCUT2D eigenvalue weighted by molar-refractivity contribution is 5.74. The molecule has 3 rings (SSSR count).